The molecule has 0 saturated carbocycles. The van der Waals surface area contributed by atoms with E-state index in [2.05, 4.69) is 110 Å². The van der Waals surface area contributed by atoms with E-state index in [1.165, 1.54) is 5.56 Å². The molecule has 3 aromatic heterocycles. The molecule has 49 heavy (non-hydrogen) atoms. The smallest absolute Gasteiger partial charge is 0.227 e. The maximum absolute atomic E-state index is 6.36. The number of nitrogens with zero attached hydrogens (tertiary/aromatic N) is 3. The number of rotatable bonds is 4. The van der Waals surface area contributed by atoms with Crippen LogP contribution in [0.1, 0.15) is 25.0 Å². The van der Waals surface area contributed by atoms with Crippen molar-refractivity contribution in [3.63, 3.8) is 0 Å². The molecule has 3 heterocycles. The Balaban J connectivity index is 1.10. The number of fused-ring (bicyclic) bond motifs is 7. The summed E-state index contributed by atoms with van der Waals surface area (Å²) in [6.07, 6.45) is 0. The van der Waals surface area contributed by atoms with Gasteiger partial charge in [0.2, 0.25) is 5.89 Å². The molecule has 0 radical (unpaired) electrons. The summed E-state index contributed by atoms with van der Waals surface area (Å²) in [6, 6.07) is 47.9. The van der Waals surface area contributed by atoms with E-state index in [-0.39, 0.29) is 5.41 Å². The molecule has 0 saturated heterocycles. The molecule has 1 aliphatic rings. The topological polar surface area (TPSA) is 65.0 Å². The van der Waals surface area contributed by atoms with Gasteiger partial charge in [0.05, 0.1) is 11.4 Å². The van der Waals surface area contributed by atoms with Crippen molar-refractivity contribution >= 4 is 33.0 Å². The van der Waals surface area contributed by atoms with Crippen LogP contribution >= 0.6 is 0 Å². The van der Waals surface area contributed by atoms with Gasteiger partial charge in [-0.05, 0) is 41.5 Å². The summed E-state index contributed by atoms with van der Waals surface area (Å²) in [5, 5.41) is 2.25. The number of hydrogen-bond donors (Lipinski definition) is 0. The van der Waals surface area contributed by atoms with E-state index >= 15 is 0 Å². The number of hydrogen-bond acceptors (Lipinski definition) is 5. The first-order valence-electron chi connectivity index (χ1n) is 16.5. The van der Waals surface area contributed by atoms with Crippen LogP contribution in [-0.4, -0.2) is 15.0 Å². The second-order valence-electron chi connectivity index (χ2n) is 13.2. The van der Waals surface area contributed by atoms with Crippen LogP contribution in [0.25, 0.3) is 89.5 Å². The quantitative estimate of drug-likeness (QED) is 0.193. The number of benzene rings is 6. The number of oxazole rings is 1. The molecule has 5 nitrogen and oxygen atoms in total. The van der Waals surface area contributed by atoms with E-state index < -0.39 is 0 Å². The zero-order valence-electron chi connectivity index (χ0n) is 26.9. The minimum atomic E-state index is -0.269. The predicted octanol–water partition coefficient (Wildman–Crippen LogP) is 11.5. The highest BCUT2D eigenvalue weighted by molar-refractivity contribution is 6.09. The Kier molecular flexibility index (Phi) is 5.85. The van der Waals surface area contributed by atoms with Gasteiger partial charge in [-0.3, -0.25) is 0 Å². The molecule has 0 atom stereocenters. The van der Waals surface area contributed by atoms with Crippen molar-refractivity contribution in [3.05, 3.63) is 151 Å². The highest BCUT2D eigenvalue weighted by Gasteiger charge is 2.40. The summed E-state index contributed by atoms with van der Waals surface area (Å²) in [5.74, 6) is 1.28. The van der Waals surface area contributed by atoms with Gasteiger partial charge in [0.15, 0.2) is 11.4 Å². The van der Waals surface area contributed by atoms with Gasteiger partial charge in [0, 0.05) is 49.6 Å². The normalized spacial score (nSPS) is 13.3. The molecule has 232 valence electrons. The third-order valence-electron chi connectivity index (χ3n) is 9.95. The van der Waals surface area contributed by atoms with Crippen molar-refractivity contribution in [3.8, 4) is 56.5 Å². The highest BCUT2D eigenvalue weighted by Crippen LogP contribution is 2.51. The molecule has 0 aliphatic heterocycles. The van der Waals surface area contributed by atoms with Gasteiger partial charge in [-0.15, -0.1) is 0 Å². The van der Waals surface area contributed by atoms with E-state index in [0.717, 1.165) is 83.4 Å². The van der Waals surface area contributed by atoms with Gasteiger partial charge in [-0.1, -0.05) is 123 Å². The van der Waals surface area contributed by atoms with Crippen LogP contribution in [0.4, 0.5) is 0 Å². The molecule has 1 aliphatic carbocycles. The molecule has 0 amide bonds. The number of aromatic nitrogens is 3. The van der Waals surface area contributed by atoms with Crippen LogP contribution in [0.3, 0.4) is 0 Å². The first-order valence-corrected chi connectivity index (χ1v) is 16.5. The average molecular weight is 632 g/mol. The first kappa shape index (κ1) is 27.8. The Morgan fingerprint density at radius 3 is 1.94 bits per heavy atom. The van der Waals surface area contributed by atoms with Crippen LogP contribution < -0.4 is 0 Å². The van der Waals surface area contributed by atoms with Crippen LogP contribution in [0.2, 0.25) is 0 Å². The van der Waals surface area contributed by atoms with Crippen LogP contribution in [-0.2, 0) is 5.41 Å². The molecule has 0 spiro atoms. The lowest BCUT2D eigenvalue weighted by Crippen LogP contribution is -2.17. The SMILES string of the molecule is CC1(C)c2ccccc2-c2nc(-c3ccc(-c4nc5ccccc5o4)cc3)nc(-c3ccc(-c4cccc5c4oc4ccccc45)cc3)c21. The molecule has 10 rings (SSSR count). The van der Waals surface area contributed by atoms with Crippen LogP contribution in [0.5, 0.6) is 0 Å². The summed E-state index contributed by atoms with van der Waals surface area (Å²) < 4.78 is 12.4. The lowest BCUT2D eigenvalue weighted by atomic mass is 9.80. The summed E-state index contributed by atoms with van der Waals surface area (Å²) in [5.41, 5.74) is 13.7. The summed E-state index contributed by atoms with van der Waals surface area (Å²) in [7, 11) is 0. The molecular formula is C44H29N3O2. The van der Waals surface area contributed by atoms with Gasteiger partial charge < -0.3 is 8.83 Å². The average Bonchev–Trinajstić information content (AvgIpc) is 3.82. The Hall–Kier alpha value is -6.33. The van der Waals surface area contributed by atoms with E-state index in [1.54, 1.807) is 0 Å². The van der Waals surface area contributed by atoms with Crippen molar-refractivity contribution in [1.29, 1.82) is 0 Å². The zero-order valence-corrected chi connectivity index (χ0v) is 26.9. The lowest BCUT2D eigenvalue weighted by molar-refractivity contribution is 0.620. The van der Waals surface area contributed by atoms with Gasteiger partial charge >= 0.3 is 0 Å². The molecule has 0 fully saturated rings. The Labute approximate surface area is 282 Å². The lowest BCUT2D eigenvalue weighted by Gasteiger charge is -2.24. The van der Waals surface area contributed by atoms with Gasteiger partial charge in [-0.2, -0.15) is 0 Å². The fraction of sp³-hybridized carbons (Fsp3) is 0.0682. The third kappa shape index (κ3) is 4.22. The first-order chi connectivity index (χ1) is 24.0. The Bertz CT molecular complexity index is 2700. The van der Waals surface area contributed by atoms with Gasteiger partial charge in [-0.25, -0.2) is 15.0 Å². The molecular weight excluding hydrogens is 603 g/mol. The Morgan fingerprint density at radius 1 is 0.469 bits per heavy atom. The fourth-order valence-electron chi connectivity index (χ4n) is 7.49. The molecule has 5 heteroatoms. The van der Waals surface area contributed by atoms with Gasteiger partial charge in [0.1, 0.15) is 16.7 Å². The van der Waals surface area contributed by atoms with E-state index in [0.29, 0.717) is 11.7 Å². The highest BCUT2D eigenvalue weighted by atomic mass is 16.3. The predicted molar refractivity (Wildman–Crippen MR) is 196 cm³/mol. The monoisotopic (exact) mass is 631 g/mol. The maximum atomic E-state index is 6.36. The second kappa shape index (κ2) is 10.3. The van der Waals surface area contributed by atoms with Crippen molar-refractivity contribution in [1.82, 2.24) is 15.0 Å². The minimum absolute atomic E-state index is 0.269. The number of para-hydroxylation sites is 4. The zero-order chi connectivity index (χ0) is 32.7. The standard InChI is InChI=1S/C44H29N3O2/c1-44(2)34-14-5-3-11-33(34)40-38(44)39(46-42(47-40)28-22-24-29(25-23-28)43-45-35-15-6-8-17-37(35)49-43)27-20-18-26(19-21-27)30-12-9-13-32-31-10-4-7-16-36(31)48-41(30)32/h3-25H,1-2H3. The molecule has 6 aromatic carbocycles. The minimum Gasteiger partial charge on any atom is -0.455 e. The fourth-order valence-corrected chi connectivity index (χ4v) is 7.49. The summed E-state index contributed by atoms with van der Waals surface area (Å²) >= 11 is 0. The van der Waals surface area contributed by atoms with Crippen LogP contribution in [0, 0.1) is 0 Å². The molecule has 0 N–H and O–H groups in total. The van der Waals surface area contributed by atoms with E-state index in [1.807, 2.05) is 48.5 Å². The van der Waals surface area contributed by atoms with Crippen molar-refractivity contribution < 1.29 is 8.83 Å². The van der Waals surface area contributed by atoms with Crippen molar-refractivity contribution in [2.24, 2.45) is 0 Å². The second-order valence-corrected chi connectivity index (χ2v) is 13.2. The Morgan fingerprint density at radius 2 is 1.10 bits per heavy atom. The van der Waals surface area contributed by atoms with Crippen molar-refractivity contribution in [2.75, 3.05) is 0 Å². The van der Waals surface area contributed by atoms with E-state index in [4.69, 9.17) is 18.8 Å². The molecule has 0 unspecified atom stereocenters. The van der Waals surface area contributed by atoms with Crippen LogP contribution in [0.15, 0.2) is 148 Å². The van der Waals surface area contributed by atoms with E-state index in [9.17, 15) is 0 Å². The van der Waals surface area contributed by atoms with Crippen molar-refractivity contribution in [2.45, 2.75) is 19.3 Å². The van der Waals surface area contributed by atoms with Gasteiger partial charge in [0.25, 0.3) is 0 Å². The summed E-state index contributed by atoms with van der Waals surface area (Å²) in [4.78, 5) is 15.2. The molecule has 0 bridgehead atoms. The largest absolute Gasteiger partial charge is 0.455 e. The number of furan rings is 1. The maximum Gasteiger partial charge on any atom is 0.227 e. The molecule has 9 aromatic rings. The third-order valence-corrected chi connectivity index (χ3v) is 9.95. The summed E-state index contributed by atoms with van der Waals surface area (Å²) in [6.45, 7) is 4.55.